The Kier molecular flexibility index (Phi) is 2.05. The van der Waals surface area contributed by atoms with E-state index >= 15 is 0 Å². The van der Waals surface area contributed by atoms with Gasteiger partial charge in [0.05, 0.1) is 11.9 Å². The lowest BCUT2D eigenvalue weighted by Crippen LogP contribution is -2.46. The number of hydrogen-bond acceptors (Lipinski definition) is 5. The second-order valence-corrected chi connectivity index (χ2v) is 4.48. The van der Waals surface area contributed by atoms with Crippen molar-refractivity contribution < 1.29 is 0 Å². The van der Waals surface area contributed by atoms with Gasteiger partial charge in [-0.3, -0.25) is 0 Å². The zero-order chi connectivity index (χ0) is 10.3. The lowest BCUT2D eigenvalue weighted by Gasteiger charge is -2.44. The molecule has 1 unspecified atom stereocenters. The highest BCUT2D eigenvalue weighted by molar-refractivity contribution is 5.18. The molecule has 3 aliphatic heterocycles. The molecule has 2 bridgehead atoms. The summed E-state index contributed by atoms with van der Waals surface area (Å²) in [6.45, 7) is 3.60. The van der Waals surface area contributed by atoms with Crippen LogP contribution in [-0.2, 0) is 0 Å². The van der Waals surface area contributed by atoms with Crippen LogP contribution in [-0.4, -0.2) is 39.7 Å². The second kappa shape index (κ2) is 3.41. The van der Waals surface area contributed by atoms with Crippen molar-refractivity contribution in [3.8, 4) is 0 Å². The first-order valence-corrected chi connectivity index (χ1v) is 5.50. The molecule has 80 valence electrons. The molecule has 0 spiro atoms. The van der Waals surface area contributed by atoms with Gasteiger partial charge in [-0.05, 0) is 31.8 Å². The summed E-state index contributed by atoms with van der Waals surface area (Å²) in [6.07, 6.45) is 4.34. The molecule has 0 radical (unpaired) electrons. The van der Waals surface area contributed by atoms with Crippen molar-refractivity contribution in [2.24, 2.45) is 5.92 Å². The molecule has 3 saturated heterocycles. The molecule has 0 saturated carbocycles. The van der Waals surface area contributed by atoms with Gasteiger partial charge in [0.25, 0.3) is 0 Å². The van der Waals surface area contributed by atoms with Crippen LogP contribution in [0.25, 0.3) is 0 Å². The summed E-state index contributed by atoms with van der Waals surface area (Å²) in [5.74, 6) is 1.58. The van der Waals surface area contributed by atoms with E-state index < -0.39 is 0 Å². The fourth-order valence-electron chi connectivity index (χ4n) is 2.81. The lowest BCUT2D eigenvalue weighted by atomic mass is 9.77. The summed E-state index contributed by atoms with van der Waals surface area (Å²) in [4.78, 5) is 6.80. The molecule has 15 heavy (non-hydrogen) atoms. The molecule has 5 nitrogen and oxygen atoms in total. The van der Waals surface area contributed by atoms with Crippen molar-refractivity contribution in [1.29, 1.82) is 0 Å². The molecule has 0 aromatic carbocycles. The predicted molar refractivity (Wildman–Crippen MR) is 56.1 cm³/mol. The number of rotatable bonds is 1. The minimum absolute atomic E-state index is 0.295. The Balaban J connectivity index is 1.88. The third-order valence-corrected chi connectivity index (χ3v) is 3.63. The Morgan fingerprint density at radius 1 is 1.33 bits per heavy atom. The van der Waals surface area contributed by atoms with Crippen LogP contribution in [0.4, 0.5) is 5.95 Å². The smallest absolute Gasteiger partial charge is 0.240 e. The van der Waals surface area contributed by atoms with Gasteiger partial charge in [-0.15, -0.1) is 5.10 Å². The number of hydrogen-bond donors (Lipinski definition) is 1. The maximum Gasteiger partial charge on any atom is 0.240 e. The van der Waals surface area contributed by atoms with Crippen LogP contribution >= 0.6 is 0 Å². The van der Waals surface area contributed by atoms with E-state index in [1.54, 1.807) is 6.20 Å². The Bertz CT molecular complexity index is 359. The quantitative estimate of drug-likeness (QED) is 0.712. The SMILES string of the molecule is Nc1nncc(C2CN3CCC2CC3)n1. The van der Waals surface area contributed by atoms with Crippen molar-refractivity contribution in [2.45, 2.75) is 18.8 Å². The largest absolute Gasteiger partial charge is 0.366 e. The van der Waals surface area contributed by atoms with Gasteiger partial charge in [-0.25, -0.2) is 4.98 Å². The standard InChI is InChI=1S/C10H15N5/c11-10-13-9(5-12-14-10)8-6-15-3-1-7(8)2-4-15/h5,7-8H,1-4,6H2,(H2,11,13,14). The van der Waals surface area contributed by atoms with Crippen LogP contribution in [0.15, 0.2) is 6.20 Å². The van der Waals surface area contributed by atoms with Crippen molar-refractivity contribution in [3.63, 3.8) is 0 Å². The van der Waals surface area contributed by atoms with Gasteiger partial charge in [-0.2, -0.15) is 5.10 Å². The van der Waals surface area contributed by atoms with E-state index in [-0.39, 0.29) is 0 Å². The third-order valence-electron chi connectivity index (χ3n) is 3.63. The van der Waals surface area contributed by atoms with Gasteiger partial charge in [0.1, 0.15) is 0 Å². The summed E-state index contributed by atoms with van der Waals surface area (Å²) in [5, 5.41) is 7.59. The number of nitrogen functional groups attached to an aromatic ring is 1. The molecule has 3 fully saturated rings. The van der Waals surface area contributed by atoms with Gasteiger partial charge in [0.15, 0.2) is 0 Å². The zero-order valence-electron chi connectivity index (χ0n) is 8.63. The predicted octanol–water partition coefficient (Wildman–Crippen LogP) is 0.263. The number of nitrogens with two attached hydrogens (primary N) is 1. The van der Waals surface area contributed by atoms with E-state index in [2.05, 4.69) is 20.1 Å². The molecule has 0 amide bonds. The fraction of sp³-hybridized carbons (Fsp3) is 0.700. The van der Waals surface area contributed by atoms with Gasteiger partial charge in [0.2, 0.25) is 5.95 Å². The summed E-state index contributed by atoms with van der Waals surface area (Å²) in [5.41, 5.74) is 6.59. The topological polar surface area (TPSA) is 67.9 Å². The first kappa shape index (κ1) is 9.03. The zero-order valence-corrected chi connectivity index (χ0v) is 8.63. The molecular weight excluding hydrogens is 190 g/mol. The van der Waals surface area contributed by atoms with Crippen LogP contribution in [0.3, 0.4) is 0 Å². The summed E-state index contributed by atoms with van der Waals surface area (Å²) in [6, 6.07) is 0. The van der Waals surface area contributed by atoms with E-state index in [4.69, 9.17) is 5.73 Å². The molecule has 2 N–H and O–H groups in total. The Hall–Kier alpha value is -1.23. The van der Waals surface area contributed by atoms with Crippen LogP contribution in [0.5, 0.6) is 0 Å². The van der Waals surface area contributed by atoms with Gasteiger partial charge >= 0.3 is 0 Å². The lowest BCUT2D eigenvalue weighted by molar-refractivity contribution is 0.0852. The van der Waals surface area contributed by atoms with E-state index in [1.807, 2.05) is 0 Å². The number of piperidine rings is 3. The number of nitrogens with zero attached hydrogens (tertiary/aromatic N) is 4. The molecule has 4 rings (SSSR count). The maximum atomic E-state index is 5.57. The Morgan fingerprint density at radius 3 is 2.73 bits per heavy atom. The average molecular weight is 205 g/mol. The molecule has 1 aromatic rings. The molecule has 1 atom stereocenters. The highest BCUT2D eigenvalue weighted by atomic mass is 15.2. The molecule has 5 heteroatoms. The highest BCUT2D eigenvalue weighted by Gasteiger charge is 2.35. The van der Waals surface area contributed by atoms with Crippen molar-refractivity contribution in [2.75, 3.05) is 25.4 Å². The first-order valence-electron chi connectivity index (χ1n) is 5.50. The Morgan fingerprint density at radius 2 is 2.13 bits per heavy atom. The first-order chi connectivity index (χ1) is 7.33. The van der Waals surface area contributed by atoms with Crippen LogP contribution < -0.4 is 5.73 Å². The summed E-state index contributed by atoms with van der Waals surface area (Å²) < 4.78 is 0. The minimum atomic E-state index is 0.295. The molecule has 1 aromatic heterocycles. The molecule has 3 aliphatic rings. The molecule has 4 heterocycles. The van der Waals surface area contributed by atoms with Crippen LogP contribution in [0.1, 0.15) is 24.5 Å². The van der Waals surface area contributed by atoms with Crippen molar-refractivity contribution in [3.05, 3.63) is 11.9 Å². The Labute approximate surface area is 88.7 Å². The van der Waals surface area contributed by atoms with Gasteiger partial charge in [0, 0.05) is 12.5 Å². The van der Waals surface area contributed by atoms with Gasteiger partial charge in [-0.1, -0.05) is 0 Å². The third kappa shape index (κ3) is 1.56. The molecule has 0 aliphatic carbocycles. The van der Waals surface area contributed by atoms with Crippen molar-refractivity contribution >= 4 is 5.95 Å². The highest BCUT2D eigenvalue weighted by Crippen LogP contribution is 2.37. The monoisotopic (exact) mass is 205 g/mol. The van der Waals surface area contributed by atoms with Crippen LogP contribution in [0.2, 0.25) is 0 Å². The van der Waals surface area contributed by atoms with E-state index in [0.29, 0.717) is 11.9 Å². The number of anilines is 1. The number of aromatic nitrogens is 3. The van der Waals surface area contributed by atoms with E-state index in [0.717, 1.165) is 18.2 Å². The summed E-state index contributed by atoms with van der Waals surface area (Å²) >= 11 is 0. The fourth-order valence-corrected chi connectivity index (χ4v) is 2.81. The van der Waals surface area contributed by atoms with E-state index in [1.165, 1.54) is 25.9 Å². The molecular formula is C10H15N5. The average Bonchev–Trinajstić information content (AvgIpc) is 2.30. The second-order valence-electron chi connectivity index (χ2n) is 4.48. The minimum Gasteiger partial charge on any atom is -0.366 e. The van der Waals surface area contributed by atoms with E-state index in [9.17, 15) is 0 Å². The van der Waals surface area contributed by atoms with Gasteiger partial charge < -0.3 is 10.6 Å². The normalized spacial score (nSPS) is 34.3. The van der Waals surface area contributed by atoms with Crippen LogP contribution in [0, 0.1) is 5.92 Å². The number of fused-ring (bicyclic) bond motifs is 3. The summed E-state index contributed by atoms with van der Waals surface area (Å²) in [7, 11) is 0. The van der Waals surface area contributed by atoms with Crippen molar-refractivity contribution in [1.82, 2.24) is 20.1 Å². The maximum absolute atomic E-state index is 5.57.